The Morgan fingerprint density at radius 3 is 2.71 bits per heavy atom. The van der Waals surface area contributed by atoms with Gasteiger partial charge in [0.2, 0.25) is 5.95 Å². The molecule has 1 amide bonds. The van der Waals surface area contributed by atoms with Gasteiger partial charge in [-0.05, 0) is 37.0 Å². The van der Waals surface area contributed by atoms with E-state index in [2.05, 4.69) is 25.2 Å². The molecule has 2 saturated heterocycles. The number of carbonyl (C=O) groups excluding carboxylic acids is 1. The van der Waals surface area contributed by atoms with E-state index < -0.39 is 6.23 Å². The predicted molar refractivity (Wildman–Crippen MR) is 134 cm³/mol. The predicted octanol–water partition coefficient (Wildman–Crippen LogP) is 2.36. The molecule has 3 atom stereocenters. The van der Waals surface area contributed by atoms with Crippen molar-refractivity contribution in [2.24, 2.45) is 11.8 Å². The van der Waals surface area contributed by atoms with Gasteiger partial charge >= 0.3 is 0 Å². The zero-order valence-corrected chi connectivity index (χ0v) is 20.2. The second-order valence-electron chi connectivity index (χ2n) is 10.2. The first-order chi connectivity index (χ1) is 17.0. The summed E-state index contributed by atoms with van der Waals surface area (Å²) in [5.41, 5.74) is 2.35. The van der Waals surface area contributed by atoms with Crippen LogP contribution in [0.4, 0.5) is 17.5 Å². The molecule has 0 aromatic carbocycles. The molecule has 0 radical (unpaired) electrons. The summed E-state index contributed by atoms with van der Waals surface area (Å²) in [5.74, 6) is 1.80. The van der Waals surface area contributed by atoms with Crippen molar-refractivity contribution in [1.82, 2.24) is 29.7 Å². The topological polar surface area (TPSA) is 111 Å². The van der Waals surface area contributed by atoms with E-state index in [0.717, 1.165) is 62.0 Å². The first-order valence-electron chi connectivity index (χ1n) is 12.5. The van der Waals surface area contributed by atoms with Crippen LogP contribution in [-0.4, -0.2) is 75.4 Å². The first kappa shape index (κ1) is 22.2. The van der Waals surface area contributed by atoms with E-state index in [9.17, 15) is 9.90 Å². The number of fused-ring (bicyclic) bond motifs is 2. The number of rotatable bonds is 5. The number of aliphatic hydroxyl groups excluding tert-OH is 1. The minimum Gasteiger partial charge on any atom is -0.373 e. The summed E-state index contributed by atoms with van der Waals surface area (Å²) in [7, 11) is 3.55. The molecular formula is C25H32N8O2. The van der Waals surface area contributed by atoms with Gasteiger partial charge in [-0.25, -0.2) is 9.97 Å². The number of amides is 1. The summed E-state index contributed by atoms with van der Waals surface area (Å²) in [6.45, 7) is 2.65. The molecule has 5 heterocycles. The van der Waals surface area contributed by atoms with Crippen molar-refractivity contribution in [3.63, 3.8) is 0 Å². The summed E-state index contributed by atoms with van der Waals surface area (Å²) in [4.78, 5) is 30.4. The molecule has 3 aliphatic rings. The average Bonchev–Trinajstić information content (AvgIpc) is 3.64. The summed E-state index contributed by atoms with van der Waals surface area (Å²) < 4.78 is 2.11. The van der Waals surface area contributed by atoms with E-state index in [4.69, 9.17) is 4.98 Å². The highest BCUT2D eigenvalue weighted by molar-refractivity contribution is 5.97. The normalized spacial score (nSPS) is 24.3. The maximum atomic E-state index is 12.9. The molecule has 3 aromatic rings. The fraction of sp³-hybridized carbons (Fsp3) is 0.520. The van der Waals surface area contributed by atoms with Gasteiger partial charge in [-0.3, -0.25) is 4.79 Å². The molecule has 6 rings (SSSR count). The maximum absolute atomic E-state index is 12.9. The van der Waals surface area contributed by atoms with Crippen molar-refractivity contribution in [2.45, 2.75) is 38.0 Å². The lowest BCUT2D eigenvalue weighted by molar-refractivity contribution is 0.0815. The van der Waals surface area contributed by atoms with Crippen LogP contribution in [0.15, 0.2) is 30.6 Å². The van der Waals surface area contributed by atoms with Crippen molar-refractivity contribution in [2.75, 3.05) is 43.9 Å². The number of aromatic nitrogens is 4. The molecule has 2 aliphatic heterocycles. The minimum atomic E-state index is -0.483. The Kier molecular flexibility index (Phi) is 5.57. The van der Waals surface area contributed by atoms with Crippen LogP contribution < -0.4 is 15.5 Å². The number of carbonyl (C=O) groups is 1. The second kappa shape index (κ2) is 8.76. The number of hydrogen-bond donors (Lipinski definition) is 3. The van der Waals surface area contributed by atoms with E-state index in [1.807, 2.05) is 23.1 Å². The Bertz CT molecular complexity index is 1230. The van der Waals surface area contributed by atoms with E-state index in [-0.39, 0.29) is 17.9 Å². The monoisotopic (exact) mass is 476 g/mol. The summed E-state index contributed by atoms with van der Waals surface area (Å²) in [5, 5.41) is 18.1. The third-order valence-corrected chi connectivity index (χ3v) is 7.74. The number of hydrogen-bond acceptors (Lipinski definition) is 8. The largest absolute Gasteiger partial charge is 0.373 e. The standard InChI is InChI=1S/C25H32N8O2/c1-31(2)24(35)20-9-15-11-28-25(30-22(15)33(20)17-5-3-4-6-17)29-21-8-7-18(12-27-21)32-14-16-10-26-13-19(16)23(32)34/h7-9,11-12,16-17,19,23,26,34H,3-6,10,13-14H2,1-2H3,(H,27,28,29,30). The molecule has 3 fully saturated rings. The SMILES string of the molecule is CN(C)C(=O)c1cc2cnc(Nc3ccc(N4CC5CNCC5C4O)cn3)nc2n1C1CCCC1. The maximum Gasteiger partial charge on any atom is 0.270 e. The van der Waals surface area contributed by atoms with Crippen LogP contribution in [0.2, 0.25) is 0 Å². The van der Waals surface area contributed by atoms with E-state index >= 15 is 0 Å². The van der Waals surface area contributed by atoms with Crippen molar-refractivity contribution in [3.05, 3.63) is 36.3 Å². The van der Waals surface area contributed by atoms with Crippen LogP contribution in [-0.2, 0) is 0 Å². The highest BCUT2D eigenvalue weighted by Crippen LogP contribution is 2.36. The third-order valence-electron chi connectivity index (χ3n) is 7.74. The van der Waals surface area contributed by atoms with Crippen molar-refractivity contribution in [1.29, 1.82) is 0 Å². The van der Waals surface area contributed by atoms with Gasteiger partial charge in [-0.1, -0.05) is 12.8 Å². The number of anilines is 3. The Morgan fingerprint density at radius 2 is 2.00 bits per heavy atom. The quantitative estimate of drug-likeness (QED) is 0.515. The summed E-state index contributed by atoms with van der Waals surface area (Å²) >= 11 is 0. The molecule has 3 unspecified atom stereocenters. The molecule has 3 aromatic heterocycles. The van der Waals surface area contributed by atoms with Gasteiger partial charge in [-0.15, -0.1) is 0 Å². The zero-order chi connectivity index (χ0) is 24.1. The molecule has 0 spiro atoms. The van der Waals surface area contributed by atoms with Gasteiger partial charge in [0.05, 0.1) is 11.9 Å². The van der Waals surface area contributed by atoms with Gasteiger partial charge in [0, 0.05) is 57.3 Å². The molecular weight excluding hydrogens is 444 g/mol. The molecule has 10 heteroatoms. The van der Waals surface area contributed by atoms with Crippen molar-refractivity contribution in [3.8, 4) is 0 Å². The summed E-state index contributed by atoms with van der Waals surface area (Å²) in [6, 6.07) is 6.03. The number of pyridine rings is 1. The smallest absolute Gasteiger partial charge is 0.270 e. The number of aliphatic hydroxyl groups is 1. The lowest BCUT2D eigenvalue weighted by atomic mass is 10.00. The van der Waals surface area contributed by atoms with Gasteiger partial charge in [-0.2, -0.15) is 4.98 Å². The van der Waals surface area contributed by atoms with Crippen LogP contribution in [0.1, 0.15) is 42.2 Å². The van der Waals surface area contributed by atoms with Crippen LogP contribution in [0.25, 0.3) is 11.0 Å². The van der Waals surface area contributed by atoms with Gasteiger partial charge in [0.15, 0.2) is 0 Å². The first-order valence-corrected chi connectivity index (χ1v) is 12.5. The zero-order valence-electron chi connectivity index (χ0n) is 20.2. The van der Waals surface area contributed by atoms with Gasteiger partial charge in [0.1, 0.15) is 23.4 Å². The molecule has 1 aliphatic carbocycles. The lowest BCUT2D eigenvalue weighted by Gasteiger charge is -2.25. The fourth-order valence-electron chi connectivity index (χ4n) is 5.89. The van der Waals surface area contributed by atoms with Crippen LogP contribution in [0.5, 0.6) is 0 Å². The molecule has 1 saturated carbocycles. The van der Waals surface area contributed by atoms with Crippen molar-refractivity contribution >= 4 is 34.4 Å². The van der Waals surface area contributed by atoms with Gasteiger partial charge in [0.25, 0.3) is 5.91 Å². The van der Waals surface area contributed by atoms with E-state index in [1.54, 1.807) is 31.4 Å². The fourth-order valence-corrected chi connectivity index (χ4v) is 5.89. The second-order valence-corrected chi connectivity index (χ2v) is 10.2. The Labute approximate surface area is 204 Å². The molecule has 0 bridgehead atoms. The highest BCUT2D eigenvalue weighted by Gasteiger charge is 2.43. The Morgan fingerprint density at radius 1 is 1.17 bits per heavy atom. The van der Waals surface area contributed by atoms with Crippen LogP contribution >= 0.6 is 0 Å². The third kappa shape index (κ3) is 3.90. The summed E-state index contributed by atoms with van der Waals surface area (Å²) in [6.07, 6.45) is 7.49. The molecule has 10 nitrogen and oxygen atoms in total. The van der Waals surface area contributed by atoms with E-state index in [0.29, 0.717) is 23.4 Å². The van der Waals surface area contributed by atoms with Crippen LogP contribution in [0.3, 0.4) is 0 Å². The average molecular weight is 477 g/mol. The Balaban J connectivity index is 1.26. The molecule has 3 N–H and O–H groups in total. The van der Waals surface area contributed by atoms with Gasteiger partial charge < -0.3 is 30.1 Å². The number of nitrogens with one attached hydrogen (secondary N) is 2. The molecule has 184 valence electrons. The van der Waals surface area contributed by atoms with Crippen LogP contribution in [0, 0.1) is 11.8 Å². The minimum absolute atomic E-state index is 0.0225. The lowest BCUT2D eigenvalue weighted by Crippen LogP contribution is -2.35. The van der Waals surface area contributed by atoms with E-state index in [1.165, 1.54) is 0 Å². The number of nitrogens with zero attached hydrogens (tertiary/aromatic N) is 6. The molecule has 35 heavy (non-hydrogen) atoms. The Hall–Kier alpha value is -3.24. The highest BCUT2D eigenvalue weighted by atomic mass is 16.3. The van der Waals surface area contributed by atoms with Crippen molar-refractivity contribution < 1.29 is 9.90 Å².